The van der Waals surface area contributed by atoms with E-state index in [1.165, 1.54) is 12.3 Å². The average Bonchev–Trinajstić information content (AvgIpc) is 1.85. The smallest absolute Gasteiger partial charge is 0.142 e. The molecule has 0 aromatic carbocycles. The van der Waals surface area contributed by atoms with E-state index in [4.69, 9.17) is 5.73 Å². The molecule has 4 heteroatoms. The molecule has 0 aliphatic carbocycles. The van der Waals surface area contributed by atoms with Gasteiger partial charge in [0, 0.05) is 12.5 Å². The highest BCUT2D eigenvalue weighted by Gasteiger charge is 2.08. The minimum atomic E-state index is -0.392. The third-order valence-corrected chi connectivity index (χ3v) is 1.43. The molecule has 11 heavy (non-hydrogen) atoms. The number of thiocarbonyl (C=S) groups is 1. The maximum atomic E-state index is 10.9. The molecule has 0 heterocycles. The van der Waals surface area contributed by atoms with Crippen LogP contribution in [0.15, 0.2) is 0 Å². The van der Waals surface area contributed by atoms with Gasteiger partial charge in [0.25, 0.3) is 0 Å². The van der Waals surface area contributed by atoms with Gasteiger partial charge in [-0.15, -0.1) is 0 Å². The molecule has 62 valence electrons. The topological polar surface area (TPSA) is 60.2 Å². The third kappa shape index (κ3) is 5.82. The van der Waals surface area contributed by atoms with Crippen molar-refractivity contribution in [1.82, 2.24) is 0 Å². The fourth-order valence-corrected chi connectivity index (χ4v) is 0.757. The van der Waals surface area contributed by atoms with Crippen LogP contribution in [0.25, 0.3) is 0 Å². The molecule has 0 radical (unpaired) electrons. The molecule has 3 nitrogen and oxygen atoms in total. The van der Waals surface area contributed by atoms with Gasteiger partial charge in [0.15, 0.2) is 0 Å². The number of ketones is 2. The molecular formula is C7H11NO2S. The summed E-state index contributed by atoms with van der Waals surface area (Å²) in [7, 11) is 0. The first kappa shape index (κ1) is 10.4. The Morgan fingerprint density at radius 2 is 2.18 bits per heavy atom. The van der Waals surface area contributed by atoms with Crippen molar-refractivity contribution in [2.75, 3.05) is 0 Å². The number of rotatable bonds is 5. The van der Waals surface area contributed by atoms with Gasteiger partial charge < -0.3 is 5.73 Å². The van der Waals surface area contributed by atoms with Crippen LogP contribution in [-0.2, 0) is 9.59 Å². The van der Waals surface area contributed by atoms with E-state index in [1.807, 2.05) is 0 Å². The van der Waals surface area contributed by atoms with E-state index in [2.05, 4.69) is 12.2 Å². The summed E-state index contributed by atoms with van der Waals surface area (Å²) in [6, 6.07) is -0.392. The molecule has 0 aromatic heterocycles. The predicted octanol–water partition coefficient (Wildman–Crippen LogP) is 0.252. The lowest BCUT2D eigenvalue weighted by atomic mass is 10.1. The minimum Gasteiger partial charge on any atom is -0.323 e. The van der Waals surface area contributed by atoms with Gasteiger partial charge in [0.1, 0.15) is 11.6 Å². The molecule has 0 saturated carbocycles. The standard InChI is InChI=1S/C7H11NO2S/c1-5(9)2-7(10)3-6(8)4-11/h4,6H,2-3,8H2,1H3. The Balaban J connectivity index is 3.69. The van der Waals surface area contributed by atoms with Crippen LogP contribution in [0, 0.1) is 0 Å². The SMILES string of the molecule is CC(=O)CC(=O)CC(N)C=S. The van der Waals surface area contributed by atoms with Crippen LogP contribution in [-0.4, -0.2) is 23.0 Å². The van der Waals surface area contributed by atoms with E-state index in [0.29, 0.717) is 0 Å². The van der Waals surface area contributed by atoms with Crippen molar-refractivity contribution in [2.24, 2.45) is 5.73 Å². The number of carbonyl (C=O) groups is 2. The van der Waals surface area contributed by atoms with Crippen molar-refractivity contribution in [1.29, 1.82) is 0 Å². The summed E-state index contributed by atoms with van der Waals surface area (Å²) in [6.07, 6.45) is 0.139. The van der Waals surface area contributed by atoms with E-state index < -0.39 is 6.04 Å². The van der Waals surface area contributed by atoms with Gasteiger partial charge in [-0.1, -0.05) is 12.2 Å². The lowest BCUT2D eigenvalue weighted by Gasteiger charge is -2.01. The Labute approximate surface area is 71.0 Å². The van der Waals surface area contributed by atoms with Crippen molar-refractivity contribution in [3.63, 3.8) is 0 Å². The summed E-state index contributed by atoms with van der Waals surface area (Å²) in [5.41, 5.74) is 5.36. The second-order valence-electron chi connectivity index (χ2n) is 2.42. The molecule has 0 bridgehead atoms. The summed E-state index contributed by atoms with van der Waals surface area (Å²) < 4.78 is 0. The Kier molecular flexibility index (Phi) is 4.81. The van der Waals surface area contributed by atoms with Gasteiger partial charge in [-0.3, -0.25) is 9.59 Å². The van der Waals surface area contributed by atoms with Crippen LogP contribution in [0.1, 0.15) is 19.8 Å². The Morgan fingerprint density at radius 3 is 2.55 bits per heavy atom. The molecule has 0 saturated heterocycles. The van der Waals surface area contributed by atoms with Crippen molar-refractivity contribution >= 4 is 29.2 Å². The van der Waals surface area contributed by atoms with Gasteiger partial charge in [0.2, 0.25) is 0 Å². The predicted molar refractivity (Wildman–Crippen MR) is 46.6 cm³/mol. The lowest BCUT2D eigenvalue weighted by molar-refractivity contribution is -0.125. The summed E-state index contributed by atoms with van der Waals surface area (Å²) in [6.45, 7) is 1.38. The molecule has 2 N–H and O–H groups in total. The molecule has 1 atom stereocenters. The zero-order valence-corrected chi connectivity index (χ0v) is 7.19. The lowest BCUT2D eigenvalue weighted by Crippen LogP contribution is -2.25. The van der Waals surface area contributed by atoms with Crippen LogP contribution in [0.2, 0.25) is 0 Å². The summed E-state index contributed by atoms with van der Waals surface area (Å²) in [5.74, 6) is -0.280. The second-order valence-corrected chi connectivity index (χ2v) is 2.69. The van der Waals surface area contributed by atoms with Crippen molar-refractivity contribution in [2.45, 2.75) is 25.8 Å². The molecule has 0 aliphatic heterocycles. The Bertz CT molecular complexity index is 179. The van der Waals surface area contributed by atoms with Crippen molar-refractivity contribution in [3.05, 3.63) is 0 Å². The molecule has 0 amide bonds. The van der Waals surface area contributed by atoms with Gasteiger partial charge in [-0.25, -0.2) is 0 Å². The quantitative estimate of drug-likeness (QED) is 0.478. The van der Waals surface area contributed by atoms with E-state index in [9.17, 15) is 9.59 Å². The summed E-state index contributed by atoms with van der Waals surface area (Å²) in [5, 5.41) is 1.33. The maximum absolute atomic E-state index is 10.9. The zero-order valence-electron chi connectivity index (χ0n) is 6.37. The largest absolute Gasteiger partial charge is 0.323 e. The molecule has 0 spiro atoms. The summed E-state index contributed by atoms with van der Waals surface area (Å²) >= 11 is 4.52. The first-order valence-electron chi connectivity index (χ1n) is 3.28. The minimum absolute atomic E-state index is 0.0309. The zero-order chi connectivity index (χ0) is 8.85. The first-order valence-corrected chi connectivity index (χ1v) is 3.75. The van der Waals surface area contributed by atoms with Gasteiger partial charge in [-0.2, -0.15) is 0 Å². The molecule has 0 fully saturated rings. The van der Waals surface area contributed by atoms with Gasteiger partial charge in [0.05, 0.1) is 6.42 Å². The van der Waals surface area contributed by atoms with E-state index in [-0.39, 0.29) is 24.4 Å². The number of hydrogen-bond donors (Lipinski definition) is 1. The van der Waals surface area contributed by atoms with E-state index in [1.54, 1.807) is 0 Å². The van der Waals surface area contributed by atoms with Crippen LogP contribution in [0.3, 0.4) is 0 Å². The average molecular weight is 173 g/mol. The normalized spacial score (nSPS) is 12.2. The molecule has 0 aliphatic rings. The Hall–Kier alpha value is -0.610. The highest BCUT2D eigenvalue weighted by atomic mass is 32.1. The van der Waals surface area contributed by atoms with E-state index in [0.717, 1.165) is 0 Å². The second kappa shape index (κ2) is 5.09. The molecular weight excluding hydrogens is 162 g/mol. The molecule has 0 aromatic rings. The van der Waals surface area contributed by atoms with Crippen LogP contribution >= 0.6 is 12.2 Å². The van der Waals surface area contributed by atoms with Crippen LogP contribution in [0.4, 0.5) is 0 Å². The number of Topliss-reactive ketones (excluding diaryl/α,β-unsaturated/α-hetero) is 2. The van der Waals surface area contributed by atoms with Crippen molar-refractivity contribution < 1.29 is 9.59 Å². The highest BCUT2D eigenvalue weighted by molar-refractivity contribution is 7.79. The third-order valence-electron chi connectivity index (χ3n) is 1.08. The summed E-state index contributed by atoms with van der Waals surface area (Å²) in [4.78, 5) is 21.3. The molecule has 1 unspecified atom stereocenters. The van der Waals surface area contributed by atoms with E-state index >= 15 is 0 Å². The highest BCUT2D eigenvalue weighted by Crippen LogP contribution is 1.93. The monoisotopic (exact) mass is 173 g/mol. The number of nitrogens with two attached hydrogens (primary N) is 1. The van der Waals surface area contributed by atoms with Gasteiger partial charge in [-0.05, 0) is 12.3 Å². The number of hydrogen-bond acceptors (Lipinski definition) is 4. The fraction of sp³-hybridized carbons (Fsp3) is 0.571. The maximum Gasteiger partial charge on any atom is 0.142 e. The molecule has 0 rings (SSSR count). The van der Waals surface area contributed by atoms with Crippen LogP contribution < -0.4 is 5.73 Å². The van der Waals surface area contributed by atoms with Crippen molar-refractivity contribution in [3.8, 4) is 0 Å². The van der Waals surface area contributed by atoms with Gasteiger partial charge >= 0.3 is 0 Å². The Morgan fingerprint density at radius 1 is 1.64 bits per heavy atom. The number of carbonyl (C=O) groups excluding carboxylic acids is 2. The fourth-order valence-electron chi connectivity index (χ4n) is 0.661. The van der Waals surface area contributed by atoms with Crippen LogP contribution in [0.5, 0.6) is 0 Å². The first-order chi connectivity index (χ1) is 5.06.